The van der Waals surface area contributed by atoms with Gasteiger partial charge in [0.15, 0.2) is 0 Å². The van der Waals surface area contributed by atoms with Crippen molar-refractivity contribution in [3.05, 3.63) is 34.9 Å². The molecule has 2 atom stereocenters. The highest BCUT2D eigenvalue weighted by Crippen LogP contribution is 2.33. The van der Waals surface area contributed by atoms with Crippen LogP contribution in [-0.2, 0) is 29.2 Å². The molecule has 2 N–H and O–H groups in total. The predicted molar refractivity (Wildman–Crippen MR) is 79.6 cm³/mol. The Morgan fingerprint density at radius 1 is 1.40 bits per heavy atom. The average molecular weight is 297 g/mol. The third kappa shape index (κ3) is 3.32. The Balaban J connectivity index is 0.00000147. The number of ether oxygens (including phenoxy) is 1. The van der Waals surface area contributed by atoms with Crippen molar-refractivity contribution >= 4 is 18.3 Å². The molecule has 1 heterocycles. The molecule has 0 bridgehead atoms. The van der Waals surface area contributed by atoms with Gasteiger partial charge in [0.2, 0.25) is 5.91 Å². The third-order valence-corrected chi connectivity index (χ3v) is 3.82. The van der Waals surface area contributed by atoms with Gasteiger partial charge in [0, 0.05) is 26.2 Å². The molecule has 3 rings (SSSR count). The maximum atomic E-state index is 11.9. The van der Waals surface area contributed by atoms with E-state index in [1.54, 1.807) is 0 Å². The number of fused-ring (bicyclic) bond motifs is 1. The zero-order valence-corrected chi connectivity index (χ0v) is 12.5. The molecule has 0 saturated heterocycles. The molecule has 0 spiro atoms. The van der Waals surface area contributed by atoms with Crippen molar-refractivity contribution in [1.82, 2.24) is 10.6 Å². The Hall–Kier alpha value is -1.10. The second-order valence-electron chi connectivity index (χ2n) is 5.26. The fourth-order valence-electron chi connectivity index (χ4n) is 2.62. The van der Waals surface area contributed by atoms with E-state index in [1.165, 1.54) is 16.7 Å². The van der Waals surface area contributed by atoms with Crippen LogP contribution in [0.25, 0.3) is 0 Å². The summed E-state index contributed by atoms with van der Waals surface area (Å²) in [6, 6.07) is 6.43. The Morgan fingerprint density at radius 3 is 3.00 bits per heavy atom. The van der Waals surface area contributed by atoms with Crippen molar-refractivity contribution in [3.63, 3.8) is 0 Å². The van der Waals surface area contributed by atoms with Gasteiger partial charge in [-0.05, 0) is 30.0 Å². The summed E-state index contributed by atoms with van der Waals surface area (Å²) in [5.41, 5.74) is 3.89. The first-order valence-corrected chi connectivity index (χ1v) is 6.98. The van der Waals surface area contributed by atoms with Gasteiger partial charge in [-0.3, -0.25) is 4.79 Å². The molecule has 1 aliphatic heterocycles. The van der Waals surface area contributed by atoms with Crippen molar-refractivity contribution in [1.29, 1.82) is 0 Å². The molecule has 1 amide bonds. The zero-order chi connectivity index (χ0) is 13.2. The first-order valence-electron chi connectivity index (χ1n) is 6.98. The summed E-state index contributed by atoms with van der Waals surface area (Å²) in [5.74, 6) is 0.188. The van der Waals surface area contributed by atoms with E-state index in [2.05, 4.69) is 28.8 Å². The highest BCUT2D eigenvalue weighted by Gasteiger charge is 2.43. The molecule has 2 unspecified atom stereocenters. The highest BCUT2D eigenvalue weighted by atomic mass is 35.5. The van der Waals surface area contributed by atoms with E-state index in [-0.39, 0.29) is 30.3 Å². The van der Waals surface area contributed by atoms with Crippen LogP contribution >= 0.6 is 12.4 Å². The summed E-state index contributed by atoms with van der Waals surface area (Å²) in [5, 5.41) is 6.33. The van der Waals surface area contributed by atoms with Crippen LogP contribution < -0.4 is 10.6 Å². The van der Waals surface area contributed by atoms with E-state index in [0.29, 0.717) is 13.2 Å². The molecule has 1 fully saturated rings. The number of rotatable bonds is 5. The van der Waals surface area contributed by atoms with E-state index in [1.807, 2.05) is 6.92 Å². The SMILES string of the molecule is CCOC1CC1C(=O)NCc1ccc2c(c1)CNC2.Cl. The molecule has 1 aliphatic carbocycles. The van der Waals surface area contributed by atoms with E-state index in [0.717, 1.165) is 19.5 Å². The first-order chi connectivity index (χ1) is 9.28. The van der Waals surface area contributed by atoms with Gasteiger partial charge in [0.25, 0.3) is 0 Å². The lowest BCUT2D eigenvalue weighted by Crippen LogP contribution is -2.26. The average Bonchev–Trinajstić information content (AvgIpc) is 3.02. The number of amides is 1. The molecule has 0 aromatic heterocycles. The number of halogens is 1. The van der Waals surface area contributed by atoms with Crippen molar-refractivity contribution in [2.24, 2.45) is 5.92 Å². The van der Waals surface area contributed by atoms with Gasteiger partial charge in [-0.2, -0.15) is 0 Å². The summed E-state index contributed by atoms with van der Waals surface area (Å²) in [6.07, 6.45) is 1.02. The number of carbonyl (C=O) groups is 1. The largest absolute Gasteiger partial charge is 0.378 e. The lowest BCUT2D eigenvalue weighted by Gasteiger charge is -2.07. The van der Waals surface area contributed by atoms with Crippen LogP contribution in [0.5, 0.6) is 0 Å². The predicted octanol–water partition coefficient (Wildman–Crippen LogP) is 1.75. The van der Waals surface area contributed by atoms with Crippen LogP contribution in [0.15, 0.2) is 18.2 Å². The van der Waals surface area contributed by atoms with E-state index >= 15 is 0 Å². The standard InChI is InChI=1S/C15H20N2O2.ClH/c1-2-19-14-6-13(14)15(18)17-7-10-3-4-11-8-16-9-12(11)5-10;/h3-5,13-14,16H,2,6-9H2,1H3,(H,17,18);1H. The molecule has 1 aromatic carbocycles. The minimum absolute atomic E-state index is 0. The third-order valence-electron chi connectivity index (χ3n) is 3.82. The molecule has 20 heavy (non-hydrogen) atoms. The number of hydrogen-bond donors (Lipinski definition) is 2. The van der Waals surface area contributed by atoms with Crippen LogP contribution in [0.1, 0.15) is 30.0 Å². The second-order valence-corrected chi connectivity index (χ2v) is 5.26. The molecule has 1 saturated carbocycles. The quantitative estimate of drug-likeness (QED) is 0.870. The van der Waals surface area contributed by atoms with Gasteiger partial charge in [0.1, 0.15) is 0 Å². The van der Waals surface area contributed by atoms with Crippen molar-refractivity contribution < 1.29 is 9.53 Å². The van der Waals surface area contributed by atoms with Gasteiger partial charge in [-0.25, -0.2) is 0 Å². The molecule has 110 valence electrons. The van der Waals surface area contributed by atoms with Gasteiger partial charge in [-0.15, -0.1) is 12.4 Å². The topological polar surface area (TPSA) is 50.4 Å². The lowest BCUT2D eigenvalue weighted by atomic mass is 10.1. The van der Waals surface area contributed by atoms with E-state index in [9.17, 15) is 4.79 Å². The van der Waals surface area contributed by atoms with Gasteiger partial charge in [0.05, 0.1) is 12.0 Å². The molecule has 1 aromatic rings. The molecular weight excluding hydrogens is 276 g/mol. The molecule has 4 nitrogen and oxygen atoms in total. The van der Waals surface area contributed by atoms with Crippen LogP contribution in [0, 0.1) is 5.92 Å². The fourth-order valence-corrected chi connectivity index (χ4v) is 2.62. The Morgan fingerprint density at radius 2 is 2.20 bits per heavy atom. The van der Waals surface area contributed by atoms with Crippen LogP contribution in [0.4, 0.5) is 0 Å². The summed E-state index contributed by atoms with van der Waals surface area (Å²) < 4.78 is 5.43. The van der Waals surface area contributed by atoms with Crippen molar-refractivity contribution in [3.8, 4) is 0 Å². The minimum Gasteiger partial charge on any atom is -0.378 e. The molecule has 2 aliphatic rings. The first kappa shape index (κ1) is 15.3. The zero-order valence-electron chi connectivity index (χ0n) is 11.6. The molecule has 0 radical (unpaired) electrons. The van der Waals surface area contributed by atoms with Crippen LogP contribution in [0.2, 0.25) is 0 Å². The van der Waals surface area contributed by atoms with E-state index in [4.69, 9.17) is 4.74 Å². The fraction of sp³-hybridized carbons (Fsp3) is 0.533. The molecular formula is C15H21ClN2O2. The Kier molecular flexibility index (Phi) is 5.02. The summed E-state index contributed by atoms with van der Waals surface area (Å²) in [7, 11) is 0. The highest BCUT2D eigenvalue weighted by molar-refractivity contribution is 5.85. The van der Waals surface area contributed by atoms with E-state index < -0.39 is 0 Å². The van der Waals surface area contributed by atoms with Gasteiger partial charge in [-0.1, -0.05) is 18.2 Å². The Labute approximate surface area is 125 Å². The monoisotopic (exact) mass is 296 g/mol. The normalized spacial score (nSPS) is 22.9. The summed E-state index contributed by atoms with van der Waals surface area (Å²) in [4.78, 5) is 11.9. The van der Waals surface area contributed by atoms with Crippen LogP contribution in [-0.4, -0.2) is 18.6 Å². The summed E-state index contributed by atoms with van der Waals surface area (Å²) >= 11 is 0. The van der Waals surface area contributed by atoms with Crippen molar-refractivity contribution in [2.45, 2.75) is 39.1 Å². The number of benzene rings is 1. The number of hydrogen-bond acceptors (Lipinski definition) is 3. The molecule has 5 heteroatoms. The number of nitrogens with one attached hydrogen (secondary N) is 2. The lowest BCUT2D eigenvalue weighted by molar-refractivity contribution is -0.123. The maximum absolute atomic E-state index is 11.9. The van der Waals surface area contributed by atoms with Gasteiger partial charge < -0.3 is 15.4 Å². The summed E-state index contributed by atoms with van der Waals surface area (Å²) in [6.45, 7) is 5.16. The minimum atomic E-state index is 0. The van der Waals surface area contributed by atoms with Crippen molar-refractivity contribution in [2.75, 3.05) is 6.61 Å². The number of carbonyl (C=O) groups excluding carboxylic acids is 1. The second kappa shape index (κ2) is 6.57. The maximum Gasteiger partial charge on any atom is 0.226 e. The smallest absolute Gasteiger partial charge is 0.226 e. The van der Waals surface area contributed by atoms with Gasteiger partial charge >= 0.3 is 0 Å². The van der Waals surface area contributed by atoms with Crippen LogP contribution in [0.3, 0.4) is 0 Å². The Bertz CT molecular complexity index is 493.